The monoisotopic (exact) mass is 304 g/mol. The number of anilines is 1. The molecule has 1 atom stereocenters. The molecule has 1 aromatic rings. The van der Waals surface area contributed by atoms with Crippen LogP contribution in [0.3, 0.4) is 0 Å². The van der Waals surface area contributed by atoms with Gasteiger partial charge in [0.2, 0.25) is 0 Å². The summed E-state index contributed by atoms with van der Waals surface area (Å²) >= 11 is 0. The Bertz CT molecular complexity index is 505. The number of carboxylic acids is 1. The molecular formula is C12H13N2NaO6. The summed E-state index contributed by atoms with van der Waals surface area (Å²) in [5, 5.41) is 18.8. The van der Waals surface area contributed by atoms with Gasteiger partial charge in [-0.05, 0) is 37.1 Å². The van der Waals surface area contributed by atoms with Crippen molar-refractivity contribution in [2.45, 2.75) is 18.9 Å². The molecule has 108 valence electrons. The molecule has 1 rings (SSSR count). The Balaban J connectivity index is 0.00000400. The second-order valence-corrected chi connectivity index (χ2v) is 3.91. The Morgan fingerprint density at radius 1 is 1.29 bits per heavy atom. The molecule has 0 aliphatic heterocycles. The standard InChI is InChI=1S/C12H14N2O6.Na/c13-9(5-6-10(15)16)12(18)20-11(17)7-1-3-8(14-19)4-2-7;/h1-4,9,14,19H,5-6,13H2,(H,15,16);/q;+1/p-1/t9-;/m0./s1. The van der Waals surface area contributed by atoms with Gasteiger partial charge in [0.1, 0.15) is 6.04 Å². The van der Waals surface area contributed by atoms with Gasteiger partial charge < -0.3 is 20.4 Å². The molecular weight excluding hydrogens is 291 g/mol. The largest absolute Gasteiger partial charge is 1.00 e. The Kier molecular flexibility index (Phi) is 8.83. The number of benzene rings is 1. The molecule has 1 aromatic carbocycles. The van der Waals surface area contributed by atoms with Gasteiger partial charge in [0.15, 0.2) is 0 Å². The molecule has 0 fully saturated rings. The molecule has 0 aliphatic rings. The third kappa shape index (κ3) is 6.69. The van der Waals surface area contributed by atoms with Crippen molar-refractivity contribution in [2.75, 3.05) is 5.48 Å². The molecule has 0 radical (unpaired) electrons. The van der Waals surface area contributed by atoms with Crippen molar-refractivity contribution >= 4 is 23.6 Å². The Labute approximate surface area is 142 Å². The first-order valence-electron chi connectivity index (χ1n) is 5.65. The summed E-state index contributed by atoms with van der Waals surface area (Å²) in [5.41, 5.74) is 7.70. The molecule has 9 heteroatoms. The second-order valence-electron chi connectivity index (χ2n) is 3.91. The second kappa shape index (κ2) is 9.48. The zero-order valence-corrected chi connectivity index (χ0v) is 13.4. The van der Waals surface area contributed by atoms with Gasteiger partial charge >= 0.3 is 41.5 Å². The quantitative estimate of drug-likeness (QED) is 0.209. The van der Waals surface area contributed by atoms with Gasteiger partial charge in [-0.15, -0.1) is 0 Å². The fourth-order valence-electron chi connectivity index (χ4n) is 1.30. The number of nitrogens with two attached hydrogens (primary N) is 1. The number of nitrogens with one attached hydrogen (secondary N) is 1. The smallest absolute Gasteiger partial charge is 0.550 e. The van der Waals surface area contributed by atoms with E-state index >= 15 is 0 Å². The van der Waals surface area contributed by atoms with E-state index in [0.29, 0.717) is 5.69 Å². The number of ether oxygens (including phenoxy) is 1. The maximum Gasteiger partial charge on any atom is 1.00 e. The fourth-order valence-corrected chi connectivity index (χ4v) is 1.30. The van der Waals surface area contributed by atoms with Gasteiger partial charge in [-0.1, -0.05) is 0 Å². The van der Waals surface area contributed by atoms with Crippen molar-refractivity contribution in [1.82, 2.24) is 0 Å². The number of carbonyl (C=O) groups excluding carboxylic acids is 3. The number of hydrogen-bond donors (Lipinski definition) is 3. The summed E-state index contributed by atoms with van der Waals surface area (Å²) in [7, 11) is 0. The van der Waals surface area contributed by atoms with E-state index in [2.05, 4.69) is 4.74 Å². The first-order valence-corrected chi connectivity index (χ1v) is 5.65. The average Bonchev–Trinajstić information content (AvgIpc) is 2.44. The molecule has 21 heavy (non-hydrogen) atoms. The van der Waals surface area contributed by atoms with Crippen LogP contribution in [0.25, 0.3) is 0 Å². The number of hydrogen-bond acceptors (Lipinski definition) is 8. The number of rotatable bonds is 6. The predicted octanol–water partition coefficient (Wildman–Crippen LogP) is -3.97. The van der Waals surface area contributed by atoms with Crippen LogP contribution in [-0.4, -0.2) is 29.2 Å². The van der Waals surface area contributed by atoms with Crippen molar-refractivity contribution in [1.29, 1.82) is 0 Å². The Hall–Kier alpha value is -1.45. The first-order chi connectivity index (χ1) is 9.43. The SMILES string of the molecule is N[C@@H](CCC(=O)[O-])C(=O)OC(=O)c1ccc(NO)cc1.[Na+]. The fraction of sp³-hybridized carbons (Fsp3) is 0.250. The maximum absolute atomic E-state index is 11.6. The number of carbonyl (C=O) groups is 3. The van der Waals surface area contributed by atoms with Crippen LogP contribution in [0.4, 0.5) is 5.69 Å². The minimum Gasteiger partial charge on any atom is -0.550 e. The molecule has 4 N–H and O–H groups in total. The number of esters is 2. The van der Waals surface area contributed by atoms with Gasteiger partial charge in [-0.25, -0.2) is 9.59 Å². The van der Waals surface area contributed by atoms with E-state index in [9.17, 15) is 19.5 Å². The van der Waals surface area contributed by atoms with Gasteiger partial charge in [0.05, 0.1) is 11.3 Å². The molecule has 0 bridgehead atoms. The maximum atomic E-state index is 11.6. The third-order valence-corrected chi connectivity index (χ3v) is 2.41. The summed E-state index contributed by atoms with van der Waals surface area (Å²) in [5.74, 6) is -3.27. The minimum atomic E-state index is -1.34. The van der Waals surface area contributed by atoms with Gasteiger partial charge in [0.25, 0.3) is 0 Å². The molecule has 0 aromatic heterocycles. The molecule has 0 amide bonds. The molecule has 8 nitrogen and oxygen atoms in total. The van der Waals surface area contributed by atoms with Crippen LogP contribution in [0.15, 0.2) is 24.3 Å². The summed E-state index contributed by atoms with van der Waals surface area (Å²) < 4.78 is 4.50. The van der Waals surface area contributed by atoms with Crippen LogP contribution < -0.4 is 45.9 Å². The predicted molar refractivity (Wildman–Crippen MR) is 64.5 cm³/mol. The minimum absolute atomic E-state index is 0. The van der Waals surface area contributed by atoms with Gasteiger partial charge in [0, 0.05) is 5.97 Å². The van der Waals surface area contributed by atoms with Crippen LogP contribution >= 0.6 is 0 Å². The van der Waals surface area contributed by atoms with Crippen LogP contribution in [0.2, 0.25) is 0 Å². The average molecular weight is 304 g/mol. The van der Waals surface area contributed by atoms with Gasteiger partial charge in [-0.3, -0.25) is 10.7 Å². The molecule has 0 saturated carbocycles. The molecule has 0 unspecified atom stereocenters. The first kappa shape index (κ1) is 19.6. The van der Waals surface area contributed by atoms with Crippen LogP contribution in [0.1, 0.15) is 23.2 Å². The molecule has 0 aliphatic carbocycles. The molecule has 0 heterocycles. The van der Waals surface area contributed by atoms with E-state index in [4.69, 9.17) is 10.9 Å². The van der Waals surface area contributed by atoms with E-state index in [1.165, 1.54) is 24.3 Å². The van der Waals surface area contributed by atoms with Crippen LogP contribution in [0.5, 0.6) is 0 Å². The van der Waals surface area contributed by atoms with Crippen molar-refractivity contribution < 1.29 is 59.0 Å². The Morgan fingerprint density at radius 3 is 2.33 bits per heavy atom. The molecule has 0 saturated heterocycles. The number of aliphatic carboxylic acids is 1. The van der Waals surface area contributed by atoms with Crippen molar-refractivity contribution in [3.63, 3.8) is 0 Å². The molecule has 0 spiro atoms. The third-order valence-electron chi connectivity index (χ3n) is 2.41. The van der Waals surface area contributed by atoms with Crippen LogP contribution in [0, 0.1) is 0 Å². The van der Waals surface area contributed by atoms with Gasteiger partial charge in [-0.2, -0.15) is 0 Å². The summed E-state index contributed by atoms with van der Waals surface area (Å²) in [6, 6.07) is 4.26. The summed E-state index contributed by atoms with van der Waals surface area (Å²) in [6.45, 7) is 0. The Morgan fingerprint density at radius 2 is 1.86 bits per heavy atom. The van der Waals surface area contributed by atoms with Crippen molar-refractivity contribution in [2.24, 2.45) is 5.73 Å². The zero-order valence-electron chi connectivity index (χ0n) is 11.4. The van der Waals surface area contributed by atoms with E-state index in [0.717, 1.165) is 0 Å². The van der Waals surface area contributed by atoms with E-state index < -0.39 is 30.4 Å². The summed E-state index contributed by atoms with van der Waals surface area (Å²) in [6.07, 6.45) is -0.580. The van der Waals surface area contributed by atoms with Crippen molar-refractivity contribution in [3.05, 3.63) is 29.8 Å². The normalized spacial score (nSPS) is 11.0. The topological polar surface area (TPSA) is 142 Å². The summed E-state index contributed by atoms with van der Waals surface area (Å²) in [4.78, 5) is 33.2. The van der Waals surface area contributed by atoms with E-state index in [-0.39, 0.29) is 41.5 Å². The van der Waals surface area contributed by atoms with E-state index in [1.54, 1.807) is 0 Å². The van der Waals surface area contributed by atoms with E-state index in [1.807, 2.05) is 5.48 Å². The van der Waals surface area contributed by atoms with Crippen molar-refractivity contribution in [3.8, 4) is 0 Å². The zero-order chi connectivity index (χ0) is 15.1. The van der Waals surface area contributed by atoms with Crippen LogP contribution in [-0.2, 0) is 14.3 Å². The number of carboxylic acid groups (broad SMARTS) is 1.